The van der Waals surface area contributed by atoms with Crippen molar-refractivity contribution in [1.82, 2.24) is 20.1 Å². The lowest BCUT2D eigenvalue weighted by molar-refractivity contribution is 0.0784. The number of fused-ring (bicyclic) bond motifs is 2. The Kier molecular flexibility index (Phi) is 7.49. The maximum absolute atomic E-state index is 13.2. The number of benzene rings is 2. The third-order valence-electron chi connectivity index (χ3n) is 7.14. The smallest absolute Gasteiger partial charge is 0.254 e. The molecule has 2 aliphatic heterocycles. The average molecular weight is 486 g/mol. The topological polar surface area (TPSA) is 60.9 Å². The molecule has 2 fully saturated rings. The molecule has 0 spiro atoms. The number of ether oxygens (including phenoxy) is 1. The van der Waals surface area contributed by atoms with E-state index in [9.17, 15) is 4.79 Å². The number of pyridine rings is 1. The first kappa shape index (κ1) is 24.3. The molecule has 1 amide bonds. The molecule has 3 heterocycles. The van der Waals surface area contributed by atoms with E-state index in [2.05, 4.69) is 21.2 Å². The zero-order valence-electron chi connectivity index (χ0n) is 21.1. The lowest BCUT2D eigenvalue weighted by atomic mass is 10.1. The molecule has 3 aromatic rings. The fraction of sp³-hybridized carbons (Fsp3) is 0.379. The summed E-state index contributed by atoms with van der Waals surface area (Å²) in [7, 11) is 3.86. The van der Waals surface area contributed by atoms with Gasteiger partial charge in [-0.3, -0.25) is 9.69 Å². The maximum atomic E-state index is 13.2. The normalized spacial score (nSPS) is 19.3. The molecule has 0 radical (unpaired) electrons. The van der Waals surface area contributed by atoms with Crippen LogP contribution in [-0.4, -0.2) is 73.0 Å². The number of nitrogens with zero attached hydrogens (tertiary/aromatic N) is 4. The molecule has 5 rings (SSSR count). The largest absolute Gasteiger partial charge is 0.457 e. The summed E-state index contributed by atoms with van der Waals surface area (Å²) in [5.74, 6) is 2.39. The summed E-state index contributed by atoms with van der Waals surface area (Å²) >= 11 is 0. The van der Waals surface area contributed by atoms with Crippen LogP contribution in [0.1, 0.15) is 28.8 Å². The van der Waals surface area contributed by atoms with Crippen LogP contribution in [0, 0.1) is 0 Å². The van der Waals surface area contributed by atoms with Gasteiger partial charge in [-0.1, -0.05) is 24.3 Å². The van der Waals surface area contributed by atoms with Crippen molar-refractivity contribution < 1.29 is 9.53 Å². The van der Waals surface area contributed by atoms with Crippen LogP contribution >= 0.6 is 0 Å². The quantitative estimate of drug-likeness (QED) is 0.494. The van der Waals surface area contributed by atoms with E-state index >= 15 is 0 Å². The summed E-state index contributed by atoms with van der Waals surface area (Å²) in [6.07, 6.45) is 4.31. The number of carbonyl (C=O) groups excluding carboxylic acids is 1. The van der Waals surface area contributed by atoms with Gasteiger partial charge in [-0.05, 0) is 67.9 Å². The number of carbonyl (C=O) groups is 1. The summed E-state index contributed by atoms with van der Waals surface area (Å²) in [4.78, 5) is 24.8. The SMILES string of the molecule is CNCCN1CC2CCC(C1)N2c1cc(CN(C)C(=O)c2cccc(Oc3ccccc3)c2)ccn1. The first-order chi connectivity index (χ1) is 17.6. The molecule has 1 aromatic heterocycles. The number of hydrogen-bond acceptors (Lipinski definition) is 6. The molecule has 2 aromatic carbocycles. The van der Waals surface area contributed by atoms with E-state index in [4.69, 9.17) is 9.72 Å². The molecule has 2 aliphatic rings. The minimum absolute atomic E-state index is 0.0370. The van der Waals surface area contributed by atoms with Crippen molar-refractivity contribution in [1.29, 1.82) is 0 Å². The molecule has 7 nitrogen and oxygen atoms in total. The van der Waals surface area contributed by atoms with E-state index < -0.39 is 0 Å². The molecule has 1 N–H and O–H groups in total. The summed E-state index contributed by atoms with van der Waals surface area (Å²) < 4.78 is 5.91. The molecule has 2 bridgehead atoms. The molecule has 7 heteroatoms. The van der Waals surface area contributed by atoms with Crippen LogP contribution in [0.25, 0.3) is 0 Å². The molecular weight excluding hydrogens is 450 g/mol. The molecule has 2 atom stereocenters. The van der Waals surface area contributed by atoms with Crippen LogP contribution in [-0.2, 0) is 6.54 Å². The Hall–Kier alpha value is -3.42. The van der Waals surface area contributed by atoms with Gasteiger partial charge in [-0.15, -0.1) is 0 Å². The summed E-state index contributed by atoms with van der Waals surface area (Å²) in [6.45, 7) is 4.81. The Labute approximate surface area is 213 Å². The molecule has 2 unspecified atom stereocenters. The highest BCUT2D eigenvalue weighted by atomic mass is 16.5. The zero-order chi connectivity index (χ0) is 24.9. The Balaban J connectivity index is 1.24. The Morgan fingerprint density at radius 3 is 2.53 bits per heavy atom. The highest BCUT2D eigenvalue weighted by molar-refractivity contribution is 5.94. The van der Waals surface area contributed by atoms with Gasteiger partial charge in [-0.2, -0.15) is 0 Å². The number of likely N-dealkylation sites (tertiary alicyclic amines) is 1. The van der Waals surface area contributed by atoms with Crippen molar-refractivity contribution in [2.45, 2.75) is 31.5 Å². The van der Waals surface area contributed by atoms with Crippen LogP contribution in [0.5, 0.6) is 11.5 Å². The van der Waals surface area contributed by atoms with Gasteiger partial charge in [-0.25, -0.2) is 4.98 Å². The number of para-hydroxylation sites is 1. The van der Waals surface area contributed by atoms with Crippen LogP contribution in [0.3, 0.4) is 0 Å². The lowest BCUT2D eigenvalue weighted by Gasteiger charge is -2.42. The molecule has 188 valence electrons. The monoisotopic (exact) mass is 485 g/mol. The standard InChI is InChI=1S/C29H35N5O2/c1-30-15-16-33-20-24-11-12-25(21-33)34(24)28-17-22(13-14-31-28)19-32(2)29(35)23-7-6-10-27(18-23)36-26-8-4-3-5-9-26/h3-10,13-14,17-18,24-25,30H,11-12,15-16,19-21H2,1-2H3. The number of aromatic nitrogens is 1. The van der Waals surface area contributed by atoms with Gasteiger partial charge in [0.05, 0.1) is 0 Å². The summed E-state index contributed by atoms with van der Waals surface area (Å²) in [6, 6.07) is 22.1. The van der Waals surface area contributed by atoms with E-state index in [1.165, 1.54) is 12.8 Å². The van der Waals surface area contributed by atoms with Crippen molar-refractivity contribution in [3.63, 3.8) is 0 Å². The molecular formula is C29H35N5O2. The molecule has 2 saturated heterocycles. The number of rotatable bonds is 9. The van der Waals surface area contributed by atoms with Crippen molar-refractivity contribution in [2.24, 2.45) is 0 Å². The van der Waals surface area contributed by atoms with Crippen molar-refractivity contribution in [2.75, 3.05) is 45.2 Å². The predicted octanol–water partition coefficient (Wildman–Crippen LogP) is 4.02. The Morgan fingerprint density at radius 2 is 1.78 bits per heavy atom. The third-order valence-corrected chi connectivity index (χ3v) is 7.14. The highest BCUT2D eigenvalue weighted by Gasteiger charge is 2.40. The van der Waals surface area contributed by atoms with Gasteiger partial charge in [0.25, 0.3) is 5.91 Å². The van der Waals surface area contributed by atoms with E-state index in [-0.39, 0.29) is 5.91 Å². The predicted molar refractivity (Wildman–Crippen MR) is 143 cm³/mol. The van der Waals surface area contributed by atoms with Crippen LogP contribution in [0.15, 0.2) is 72.9 Å². The van der Waals surface area contributed by atoms with Crippen molar-refractivity contribution in [3.8, 4) is 11.5 Å². The van der Waals surface area contributed by atoms with E-state index in [0.29, 0.717) is 29.9 Å². The second-order valence-electron chi connectivity index (χ2n) is 9.78. The number of nitrogens with one attached hydrogen (secondary N) is 1. The first-order valence-electron chi connectivity index (χ1n) is 12.8. The van der Waals surface area contributed by atoms with Crippen LogP contribution in [0.2, 0.25) is 0 Å². The molecule has 36 heavy (non-hydrogen) atoms. The van der Waals surface area contributed by atoms with Gasteiger partial charge in [0.1, 0.15) is 17.3 Å². The minimum atomic E-state index is -0.0370. The van der Waals surface area contributed by atoms with Gasteiger partial charge >= 0.3 is 0 Å². The van der Waals surface area contributed by atoms with Crippen LogP contribution < -0.4 is 15.0 Å². The second-order valence-corrected chi connectivity index (χ2v) is 9.78. The average Bonchev–Trinajstić information content (AvgIpc) is 3.17. The first-order valence-corrected chi connectivity index (χ1v) is 12.8. The molecule has 0 saturated carbocycles. The molecule has 0 aliphatic carbocycles. The van der Waals surface area contributed by atoms with E-state index in [1.807, 2.05) is 74.9 Å². The number of piperazine rings is 1. The minimum Gasteiger partial charge on any atom is -0.457 e. The zero-order valence-corrected chi connectivity index (χ0v) is 21.1. The lowest BCUT2D eigenvalue weighted by Crippen LogP contribution is -2.55. The fourth-order valence-corrected chi connectivity index (χ4v) is 5.40. The van der Waals surface area contributed by atoms with Crippen molar-refractivity contribution in [3.05, 3.63) is 84.1 Å². The van der Waals surface area contributed by atoms with Crippen molar-refractivity contribution >= 4 is 11.7 Å². The number of anilines is 1. The van der Waals surface area contributed by atoms with E-state index in [1.54, 1.807) is 11.0 Å². The van der Waals surface area contributed by atoms with Crippen LogP contribution in [0.4, 0.5) is 5.82 Å². The number of likely N-dealkylation sites (N-methyl/N-ethyl adjacent to an activating group) is 1. The number of amides is 1. The third kappa shape index (κ3) is 5.53. The Morgan fingerprint density at radius 1 is 1.03 bits per heavy atom. The summed E-state index contributed by atoms with van der Waals surface area (Å²) in [5.41, 5.74) is 1.69. The fourth-order valence-electron chi connectivity index (χ4n) is 5.40. The van der Waals surface area contributed by atoms with Gasteiger partial charge < -0.3 is 19.9 Å². The summed E-state index contributed by atoms with van der Waals surface area (Å²) in [5, 5.41) is 3.26. The second kappa shape index (κ2) is 11.1. The maximum Gasteiger partial charge on any atom is 0.254 e. The highest BCUT2D eigenvalue weighted by Crippen LogP contribution is 2.34. The van der Waals surface area contributed by atoms with Gasteiger partial charge in [0.2, 0.25) is 0 Å². The number of hydrogen-bond donors (Lipinski definition) is 1. The Bertz CT molecular complexity index is 1160. The van der Waals surface area contributed by atoms with Gasteiger partial charge in [0.15, 0.2) is 0 Å². The van der Waals surface area contributed by atoms with E-state index in [0.717, 1.165) is 43.3 Å². The van der Waals surface area contributed by atoms with Gasteiger partial charge in [0, 0.05) is 63.6 Å².